The largest absolute Gasteiger partial charge is 0.355 e. The lowest BCUT2D eigenvalue weighted by molar-refractivity contribution is 0.661. The minimum absolute atomic E-state index is 0.0669. The number of aromatic nitrogens is 8. The van der Waals surface area contributed by atoms with Crippen molar-refractivity contribution in [3.8, 4) is 96.3 Å². The average molecular weight is 1260 g/mol. The van der Waals surface area contributed by atoms with E-state index in [2.05, 4.69) is 204 Å². The number of aromatic amines is 1. The molecular formula is C84H61BrN8. The van der Waals surface area contributed by atoms with Gasteiger partial charge in [-0.1, -0.05) is 274 Å². The van der Waals surface area contributed by atoms with Crippen LogP contribution >= 0.6 is 15.9 Å². The minimum atomic E-state index is -0.0875. The summed E-state index contributed by atoms with van der Waals surface area (Å²) < 4.78 is 3.39. The van der Waals surface area contributed by atoms with Gasteiger partial charge in [-0.05, 0) is 105 Å². The standard InChI is InChI=1S/C42H30N4.C21H14BrN3.C21H17N/c1-42(2)35-22-11-9-20-31(35)33-25-34-32-21-10-12-23-37(32)46(38(34)26-36(33)42)30-19-13-18-29(24-30)41-44-39(27-14-5-3-6-15-27)43-40(45-41)28-16-7-4-8-17-28;22-18-13-7-12-17(14-18)21-24-19(15-8-3-1-4-9-15)23-20(25-21)16-10-5-2-6-11-16;1-21(2)17-9-5-3-7-13(17)15-11-16-14-8-4-6-10-19(14)22-20(16)12-18(15)21/h3-26H,1-2H3;1-14H;3-12,22H,1-2H3. The molecule has 0 fully saturated rings. The number of nitrogens with one attached hydrogen (secondary N) is 1. The molecular weight excluding hydrogens is 1200 g/mol. The van der Waals surface area contributed by atoms with Gasteiger partial charge in [0.15, 0.2) is 34.9 Å². The zero-order valence-electron chi connectivity index (χ0n) is 51.7. The van der Waals surface area contributed by atoms with E-state index in [0.717, 1.165) is 43.5 Å². The molecule has 0 bridgehead atoms. The van der Waals surface area contributed by atoms with Crippen molar-refractivity contribution in [1.82, 2.24) is 39.5 Å². The highest BCUT2D eigenvalue weighted by Gasteiger charge is 2.37. The van der Waals surface area contributed by atoms with E-state index in [-0.39, 0.29) is 10.8 Å². The summed E-state index contributed by atoms with van der Waals surface area (Å²) in [7, 11) is 0. The van der Waals surface area contributed by atoms with Gasteiger partial charge in [-0.2, -0.15) is 0 Å². The van der Waals surface area contributed by atoms with Crippen LogP contribution in [0.2, 0.25) is 0 Å². The Morgan fingerprint density at radius 3 is 1.19 bits per heavy atom. The lowest BCUT2D eigenvalue weighted by Gasteiger charge is -2.21. The third kappa shape index (κ3) is 10.3. The van der Waals surface area contributed by atoms with Crippen molar-refractivity contribution in [3.63, 3.8) is 0 Å². The molecule has 4 aromatic heterocycles. The van der Waals surface area contributed by atoms with E-state index in [1.807, 2.05) is 146 Å². The Kier molecular flexibility index (Phi) is 14.2. The van der Waals surface area contributed by atoms with E-state index < -0.39 is 0 Å². The summed E-state index contributed by atoms with van der Waals surface area (Å²) >= 11 is 3.52. The van der Waals surface area contributed by atoms with E-state index in [4.69, 9.17) is 24.9 Å². The quantitative estimate of drug-likeness (QED) is 0.171. The Hall–Kier alpha value is -11.3. The monoisotopic (exact) mass is 1260 g/mol. The van der Waals surface area contributed by atoms with Crippen LogP contribution in [-0.4, -0.2) is 39.5 Å². The summed E-state index contributed by atoms with van der Waals surface area (Å²) in [6.45, 7) is 9.33. The molecule has 8 nitrogen and oxygen atoms in total. The maximum Gasteiger partial charge on any atom is 0.164 e. The molecule has 0 spiro atoms. The molecule has 12 aromatic carbocycles. The summed E-state index contributed by atoms with van der Waals surface area (Å²) in [5.41, 5.74) is 22.7. The van der Waals surface area contributed by atoms with E-state index in [0.29, 0.717) is 34.9 Å². The van der Waals surface area contributed by atoms with Crippen molar-refractivity contribution in [3.05, 3.63) is 318 Å². The molecule has 4 heterocycles. The Labute approximate surface area is 548 Å². The van der Waals surface area contributed by atoms with Crippen LogP contribution in [0.4, 0.5) is 0 Å². The second kappa shape index (κ2) is 23.2. The normalized spacial score (nSPS) is 13.0. The Morgan fingerprint density at radius 2 is 0.677 bits per heavy atom. The first-order valence-corrected chi connectivity index (χ1v) is 32.2. The van der Waals surface area contributed by atoms with E-state index in [9.17, 15) is 0 Å². The fourth-order valence-corrected chi connectivity index (χ4v) is 14.2. The number of nitrogens with zero attached hydrogens (tertiary/aromatic N) is 7. The molecule has 0 atom stereocenters. The third-order valence-electron chi connectivity index (χ3n) is 18.4. The van der Waals surface area contributed by atoms with E-state index >= 15 is 0 Å². The molecule has 444 valence electrons. The van der Waals surface area contributed by atoms with Crippen LogP contribution in [0.1, 0.15) is 49.9 Å². The molecule has 0 radical (unpaired) electrons. The Bertz CT molecular complexity index is 5410. The first-order chi connectivity index (χ1) is 45.5. The van der Waals surface area contributed by atoms with Gasteiger partial charge in [0.2, 0.25) is 0 Å². The van der Waals surface area contributed by atoms with Gasteiger partial charge in [-0.15, -0.1) is 0 Å². The van der Waals surface area contributed by atoms with Crippen LogP contribution in [0, 0.1) is 0 Å². The maximum atomic E-state index is 5.00. The van der Waals surface area contributed by atoms with Crippen molar-refractivity contribution >= 4 is 59.5 Å². The van der Waals surface area contributed by atoms with Crippen molar-refractivity contribution < 1.29 is 0 Å². The Morgan fingerprint density at radius 1 is 0.280 bits per heavy atom. The van der Waals surface area contributed by atoms with Crippen molar-refractivity contribution in [2.45, 2.75) is 38.5 Å². The molecule has 0 aliphatic heterocycles. The summed E-state index contributed by atoms with van der Waals surface area (Å²) in [4.78, 5) is 32.6. The van der Waals surface area contributed by atoms with Crippen LogP contribution in [0.15, 0.2) is 296 Å². The Balaban J connectivity index is 0.000000122. The second-order valence-corrected chi connectivity index (χ2v) is 25.8. The lowest BCUT2D eigenvalue weighted by Crippen LogP contribution is -2.14. The molecule has 18 rings (SSSR count). The number of rotatable bonds is 7. The number of H-pyrrole nitrogens is 1. The van der Waals surface area contributed by atoms with Crippen molar-refractivity contribution in [2.24, 2.45) is 0 Å². The van der Waals surface area contributed by atoms with Crippen LogP contribution in [0.5, 0.6) is 0 Å². The van der Waals surface area contributed by atoms with Gasteiger partial charge in [0.1, 0.15) is 0 Å². The van der Waals surface area contributed by atoms with E-state index in [1.54, 1.807) is 0 Å². The van der Waals surface area contributed by atoms with Crippen molar-refractivity contribution in [1.29, 1.82) is 0 Å². The van der Waals surface area contributed by atoms with E-state index in [1.165, 1.54) is 88.1 Å². The molecule has 0 saturated heterocycles. The predicted octanol–water partition coefficient (Wildman–Crippen LogP) is 21.5. The van der Waals surface area contributed by atoms with Gasteiger partial charge < -0.3 is 9.55 Å². The molecule has 0 amide bonds. The van der Waals surface area contributed by atoms with Crippen LogP contribution in [0.25, 0.3) is 140 Å². The fraction of sp³-hybridized carbons (Fsp3) is 0.0714. The number of para-hydroxylation sites is 2. The summed E-state index contributed by atoms with van der Waals surface area (Å²) in [5, 5.41) is 5.13. The van der Waals surface area contributed by atoms with Crippen LogP contribution in [-0.2, 0) is 10.8 Å². The molecule has 16 aromatic rings. The highest BCUT2D eigenvalue weighted by Crippen LogP contribution is 2.52. The predicted molar refractivity (Wildman–Crippen MR) is 385 cm³/mol. The zero-order chi connectivity index (χ0) is 62.8. The topological polar surface area (TPSA) is 98.1 Å². The first kappa shape index (κ1) is 56.9. The number of benzene rings is 12. The van der Waals surface area contributed by atoms with Gasteiger partial charge in [-0.25, -0.2) is 29.9 Å². The number of hydrogen-bond donors (Lipinski definition) is 1. The second-order valence-electron chi connectivity index (χ2n) is 24.9. The van der Waals surface area contributed by atoms with Crippen molar-refractivity contribution in [2.75, 3.05) is 0 Å². The first-order valence-electron chi connectivity index (χ1n) is 31.4. The molecule has 2 aliphatic rings. The number of halogens is 1. The smallest absolute Gasteiger partial charge is 0.164 e. The molecule has 93 heavy (non-hydrogen) atoms. The van der Waals surface area contributed by atoms with Gasteiger partial charge in [-0.3, -0.25) is 0 Å². The fourth-order valence-electron chi connectivity index (χ4n) is 13.8. The minimum Gasteiger partial charge on any atom is -0.355 e. The maximum absolute atomic E-state index is 5.00. The number of hydrogen-bond acceptors (Lipinski definition) is 6. The lowest BCUT2D eigenvalue weighted by atomic mass is 9.82. The molecule has 1 N–H and O–H groups in total. The zero-order valence-corrected chi connectivity index (χ0v) is 53.3. The molecule has 9 heteroatoms. The van der Waals surface area contributed by atoms with Gasteiger partial charge >= 0.3 is 0 Å². The van der Waals surface area contributed by atoms with Crippen LogP contribution in [0.3, 0.4) is 0 Å². The summed E-state index contributed by atoms with van der Waals surface area (Å²) in [5.74, 6) is 3.96. The van der Waals surface area contributed by atoms with Gasteiger partial charge in [0, 0.05) is 86.9 Å². The number of fused-ring (bicyclic) bond motifs is 12. The molecule has 2 aliphatic carbocycles. The average Bonchev–Trinajstić information content (AvgIpc) is 1.57. The molecule has 0 saturated carbocycles. The highest BCUT2D eigenvalue weighted by molar-refractivity contribution is 9.10. The highest BCUT2D eigenvalue weighted by atomic mass is 79.9. The summed E-state index contributed by atoms with van der Waals surface area (Å²) in [6.07, 6.45) is 0. The molecule has 0 unspecified atom stereocenters. The third-order valence-corrected chi connectivity index (χ3v) is 18.9. The van der Waals surface area contributed by atoms with Crippen LogP contribution < -0.4 is 0 Å². The van der Waals surface area contributed by atoms with Gasteiger partial charge in [0.05, 0.1) is 11.0 Å². The SMILES string of the molecule is Brc1cccc(-c2nc(-c3ccccc3)nc(-c3ccccc3)n2)c1.CC1(C)c2ccccc2-c2cc3c(cc21)[nH]c1ccccc13.CC1(C)c2ccccc2-c2cc3c4ccccc4n(-c4cccc(-c5nc(-c6ccccc6)nc(-c6ccccc6)n5)c4)c3cc21. The summed E-state index contributed by atoms with van der Waals surface area (Å²) in [6, 6.07) is 101. The van der Waals surface area contributed by atoms with Gasteiger partial charge in [0.25, 0.3) is 0 Å².